The van der Waals surface area contributed by atoms with E-state index in [2.05, 4.69) is 16.5 Å². The summed E-state index contributed by atoms with van der Waals surface area (Å²) in [6, 6.07) is 4.93. The molecule has 0 unspecified atom stereocenters. The molecular weight excluding hydrogens is 286 g/mol. The lowest BCUT2D eigenvalue weighted by Gasteiger charge is -2.32. The van der Waals surface area contributed by atoms with Crippen molar-refractivity contribution in [3.8, 4) is 0 Å². The van der Waals surface area contributed by atoms with Gasteiger partial charge in [0.15, 0.2) is 0 Å². The third-order valence-corrected chi connectivity index (χ3v) is 5.62. The molecule has 0 aromatic heterocycles. The van der Waals surface area contributed by atoms with Crippen LogP contribution in [0.3, 0.4) is 0 Å². The highest BCUT2D eigenvalue weighted by atomic mass is 32.2. The molecule has 1 aliphatic rings. The number of sulfonamides is 1. The molecule has 6 heteroatoms. The van der Waals surface area contributed by atoms with Crippen molar-refractivity contribution in [2.75, 3.05) is 25.4 Å². The van der Waals surface area contributed by atoms with Gasteiger partial charge in [0, 0.05) is 11.7 Å². The van der Waals surface area contributed by atoms with Crippen molar-refractivity contribution in [1.82, 2.24) is 9.62 Å². The first-order chi connectivity index (χ1) is 9.92. The Morgan fingerprint density at radius 1 is 1.33 bits per heavy atom. The van der Waals surface area contributed by atoms with Crippen LogP contribution in [-0.4, -0.2) is 39.0 Å². The Balaban J connectivity index is 2.02. The van der Waals surface area contributed by atoms with Crippen LogP contribution in [0.1, 0.15) is 31.7 Å². The van der Waals surface area contributed by atoms with Crippen LogP contribution in [0.25, 0.3) is 0 Å². The average molecular weight is 311 g/mol. The van der Waals surface area contributed by atoms with Crippen molar-refractivity contribution in [2.24, 2.45) is 0 Å². The predicted octanol–water partition coefficient (Wildman–Crippen LogP) is 1.73. The van der Waals surface area contributed by atoms with Gasteiger partial charge >= 0.3 is 0 Å². The minimum atomic E-state index is -3.46. The fourth-order valence-corrected chi connectivity index (χ4v) is 4.38. The van der Waals surface area contributed by atoms with Gasteiger partial charge in [0.25, 0.3) is 0 Å². The number of rotatable bonds is 5. The number of piperidine rings is 1. The fourth-order valence-electron chi connectivity index (χ4n) is 2.85. The molecule has 1 aromatic carbocycles. The molecule has 5 nitrogen and oxygen atoms in total. The van der Waals surface area contributed by atoms with E-state index < -0.39 is 10.0 Å². The number of nitrogens with one attached hydrogen (secondary N) is 1. The molecule has 1 saturated heterocycles. The summed E-state index contributed by atoms with van der Waals surface area (Å²) < 4.78 is 27.8. The maximum atomic E-state index is 12.5. The third-order valence-electron chi connectivity index (χ3n) is 3.94. The van der Waals surface area contributed by atoms with Crippen molar-refractivity contribution >= 4 is 15.7 Å². The van der Waals surface area contributed by atoms with Crippen molar-refractivity contribution in [2.45, 2.75) is 44.0 Å². The van der Waals surface area contributed by atoms with E-state index in [1.807, 2.05) is 0 Å². The molecule has 0 amide bonds. The Hall–Kier alpha value is -1.11. The minimum Gasteiger partial charge on any atom is -0.399 e. The fraction of sp³-hybridized carbons (Fsp3) is 0.600. The summed E-state index contributed by atoms with van der Waals surface area (Å²) in [5.74, 6) is 0. The van der Waals surface area contributed by atoms with E-state index in [0.29, 0.717) is 16.1 Å². The zero-order chi connectivity index (χ0) is 15.5. The Bertz CT molecular complexity index is 579. The Kier molecular flexibility index (Phi) is 5.24. The number of hydrogen-bond acceptors (Lipinski definition) is 4. The first-order valence-electron chi connectivity index (χ1n) is 7.53. The molecule has 1 fully saturated rings. The first kappa shape index (κ1) is 16.3. The van der Waals surface area contributed by atoms with Crippen LogP contribution in [0.5, 0.6) is 0 Å². The van der Waals surface area contributed by atoms with E-state index >= 15 is 0 Å². The number of anilines is 1. The molecule has 0 atom stereocenters. The number of likely N-dealkylation sites (tertiary alicyclic amines) is 1. The highest BCUT2D eigenvalue weighted by Crippen LogP contribution is 2.20. The zero-order valence-electron chi connectivity index (χ0n) is 12.8. The van der Waals surface area contributed by atoms with Gasteiger partial charge in [-0.15, -0.1) is 0 Å². The lowest BCUT2D eigenvalue weighted by molar-refractivity contribution is 0.208. The van der Waals surface area contributed by atoms with Gasteiger partial charge in [-0.1, -0.05) is 6.92 Å². The zero-order valence-corrected chi connectivity index (χ0v) is 13.6. The van der Waals surface area contributed by atoms with Crippen LogP contribution < -0.4 is 10.5 Å². The molecule has 118 valence electrons. The third kappa shape index (κ3) is 4.18. The highest BCUT2D eigenvalue weighted by molar-refractivity contribution is 7.89. The quantitative estimate of drug-likeness (QED) is 0.812. The lowest BCUT2D eigenvalue weighted by atomic mass is 10.1. The van der Waals surface area contributed by atoms with E-state index in [0.717, 1.165) is 38.9 Å². The van der Waals surface area contributed by atoms with Crippen molar-refractivity contribution in [3.05, 3.63) is 23.8 Å². The second kappa shape index (κ2) is 6.77. The number of aryl methyl sites for hydroxylation is 1. The smallest absolute Gasteiger partial charge is 0.241 e. The molecule has 0 saturated carbocycles. The predicted molar refractivity (Wildman–Crippen MR) is 85.7 cm³/mol. The summed E-state index contributed by atoms with van der Waals surface area (Å²) in [4.78, 5) is 2.71. The summed E-state index contributed by atoms with van der Waals surface area (Å²) in [7, 11) is -3.46. The van der Waals surface area contributed by atoms with Gasteiger partial charge in [-0.2, -0.15) is 0 Å². The highest BCUT2D eigenvalue weighted by Gasteiger charge is 2.25. The van der Waals surface area contributed by atoms with Crippen LogP contribution in [-0.2, 0) is 10.0 Å². The molecule has 0 spiro atoms. The van der Waals surface area contributed by atoms with E-state index in [-0.39, 0.29) is 6.04 Å². The normalized spacial score (nSPS) is 18.0. The summed E-state index contributed by atoms with van der Waals surface area (Å²) >= 11 is 0. The second-order valence-electron chi connectivity index (χ2n) is 5.76. The van der Waals surface area contributed by atoms with Gasteiger partial charge in [0.2, 0.25) is 10.0 Å². The van der Waals surface area contributed by atoms with E-state index in [9.17, 15) is 8.42 Å². The van der Waals surface area contributed by atoms with Gasteiger partial charge in [-0.25, -0.2) is 13.1 Å². The van der Waals surface area contributed by atoms with Gasteiger partial charge in [0.1, 0.15) is 0 Å². The van der Waals surface area contributed by atoms with Crippen molar-refractivity contribution < 1.29 is 8.42 Å². The van der Waals surface area contributed by atoms with Gasteiger partial charge in [0.05, 0.1) is 4.90 Å². The standard InChI is InChI=1S/C15H25N3O2S/c1-3-8-18-9-6-14(7-10-18)17-21(19,20)15-5-4-13(16)11-12(15)2/h4-5,11,14,17H,3,6-10,16H2,1-2H3. The van der Waals surface area contributed by atoms with Crippen LogP contribution in [0.15, 0.2) is 23.1 Å². The van der Waals surface area contributed by atoms with E-state index in [1.54, 1.807) is 25.1 Å². The maximum Gasteiger partial charge on any atom is 0.241 e. The molecular formula is C15H25N3O2S. The Morgan fingerprint density at radius 3 is 2.57 bits per heavy atom. The second-order valence-corrected chi connectivity index (χ2v) is 7.44. The van der Waals surface area contributed by atoms with Crippen LogP contribution in [0.2, 0.25) is 0 Å². The van der Waals surface area contributed by atoms with Gasteiger partial charge in [-0.3, -0.25) is 0 Å². The van der Waals surface area contributed by atoms with Crippen molar-refractivity contribution in [1.29, 1.82) is 0 Å². The number of nitrogen functional groups attached to an aromatic ring is 1. The summed E-state index contributed by atoms with van der Waals surface area (Å²) in [5.41, 5.74) is 6.95. The monoisotopic (exact) mass is 311 g/mol. The molecule has 3 N–H and O–H groups in total. The topological polar surface area (TPSA) is 75.4 Å². The average Bonchev–Trinajstić information content (AvgIpc) is 2.40. The molecule has 0 aliphatic carbocycles. The number of nitrogens with two attached hydrogens (primary N) is 1. The first-order valence-corrected chi connectivity index (χ1v) is 9.01. The van der Waals surface area contributed by atoms with Gasteiger partial charge < -0.3 is 10.6 Å². The Labute approximate surface area is 127 Å². The molecule has 2 rings (SSSR count). The summed E-state index contributed by atoms with van der Waals surface area (Å²) in [5, 5.41) is 0. The summed E-state index contributed by atoms with van der Waals surface area (Å²) in [6.45, 7) is 6.95. The van der Waals surface area contributed by atoms with Crippen LogP contribution >= 0.6 is 0 Å². The maximum absolute atomic E-state index is 12.5. The van der Waals surface area contributed by atoms with Crippen LogP contribution in [0, 0.1) is 6.92 Å². The Morgan fingerprint density at radius 2 is 2.00 bits per heavy atom. The van der Waals surface area contributed by atoms with E-state index in [1.165, 1.54) is 0 Å². The SMILES string of the molecule is CCCN1CCC(NS(=O)(=O)c2ccc(N)cc2C)CC1. The van der Waals surface area contributed by atoms with Gasteiger partial charge in [-0.05, 0) is 69.6 Å². The number of nitrogens with zero attached hydrogens (tertiary/aromatic N) is 1. The lowest BCUT2D eigenvalue weighted by Crippen LogP contribution is -2.44. The number of benzene rings is 1. The molecule has 1 heterocycles. The summed E-state index contributed by atoms with van der Waals surface area (Å²) in [6.07, 6.45) is 2.88. The molecule has 0 bridgehead atoms. The largest absolute Gasteiger partial charge is 0.399 e. The van der Waals surface area contributed by atoms with Crippen LogP contribution in [0.4, 0.5) is 5.69 Å². The van der Waals surface area contributed by atoms with Crippen molar-refractivity contribution in [3.63, 3.8) is 0 Å². The van der Waals surface area contributed by atoms with E-state index in [4.69, 9.17) is 5.73 Å². The molecule has 0 radical (unpaired) electrons. The number of hydrogen-bond donors (Lipinski definition) is 2. The molecule has 21 heavy (non-hydrogen) atoms. The minimum absolute atomic E-state index is 0.0278. The molecule has 1 aromatic rings. The molecule has 1 aliphatic heterocycles.